The molecule has 0 aliphatic carbocycles. The lowest BCUT2D eigenvalue weighted by atomic mass is 10.1. The Morgan fingerprint density at radius 1 is 1.12 bits per heavy atom. The molecule has 0 amide bonds. The molecule has 0 unspecified atom stereocenters. The second-order valence-corrected chi connectivity index (χ2v) is 4.38. The molecule has 0 aliphatic rings. The minimum absolute atomic E-state index is 0.364. The molecule has 0 N–H and O–H groups in total. The highest BCUT2D eigenvalue weighted by Crippen LogP contribution is 2.33. The Hall–Kier alpha value is -1.87. The van der Waals surface area contributed by atoms with Gasteiger partial charge < -0.3 is 4.42 Å². The molecule has 0 radical (unpaired) electrons. The van der Waals surface area contributed by atoms with E-state index < -0.39 is 0 Å². The molecule has 78 valence electrons. The standard InChI is InChI=1S/C13H8O2S/c14-8-10-4-5-12(15-10)11-3-1-2-9-6-7-16-13(9)11/h1-8H. The minimum Gasteiger partial charge on any atom is -0.453 e. The summed E-state index contributed by atoms with van der Waals surface area (Å²) in [7, 11) is 0. The van der Waals surface area contributed by atoms with Crippen LogP contribution in [0.2, 0.25) is 0 Å². The van der Waals surface area contributed by atoms with E-state index in [1.165, 1.54) is 10.1 Å². The van der Waals surface area contributed by atoms with Crippen LogP contribution < -0.4 is 0 Å². The average Bonchev–Trinajstić information content (AvgIpc) is 2.97. The van der Waals surface area contributed by atoms with Gasteiger partial charge in [0.05, 0.1) is 0 Å². The van der Waals surface area contributed by atoms with Gasteiger partial charge in [0.15, 0.2) is 12.0 Å². The number of hydrogen-bond donors (Lipinski definition) is 0. The van der Waals surface area contributed by atoms with Crippen molar-refractivity contribution >= 4 is 27.7 Å². The number of thiophene rings is 1. The van der Waals surface area contributed by atoms with Crippen molar-refractivity contribution in [2.75, 3.05) is 0 Å². The summed E-state index contributed by atoms with van der Waals surface area (Å²) in [5.74, 6) is 1.11. The number of rotatable bonds is 2. The van der Waals surface area contributed by atoms with E-state index in [1.54, 1.807) is 17.4 Å². The highest BCUT2D eigenvalue weighted by molar-refractivity contribution is 7.17. The van der Waals surface area contributed by atoms with Crippen molar-refractivity contribution in [3.63, 3.8) is 0 Å². The average molecular weight is 228 g/mol. The van der Waals surface area contributed by atoms with E-state index in [4.69, 9.17) is 4.42 Å². The van der Waals surface area contributed by atoms with Crippen LogP contribution in [0.25, 0.3) is 21.4 Å². The summed E-state index contributed by atoms with van der Waals surface area (Å²) in [5, 5.41) is 3.25. The first-order valence-corrected chi connectivity index (χ1v) is 5.78. The molecule has 0 aliphatic heterocycles. The van der Waals surface area contributed by atoms with Crippen LogP contribution in [-0.4, -0.2) is 6.29 Å². The van der Waals surface area contributed by atoms with E-state index >= 15 is 0 Å². The summed E-state index contributed by atoms with van der Waals surface area (Å²) >= 11 is 1.68. The zero-order valence-corrected chi connectivity index (χ0v) is 9.16. The van der Waals surface area contributed by atoms with Crippen molar-refractivity contribution in [2.24, 2.45) is 0 Å². The van der Waals surface area contributed by atoms with E-state index in [2.05, 4.69) is 17.5 Å². The molecule has 0 fully saturated rings. The first-order chi connectivity index (χ1) is 7.88. The lowest BCUT2D eigenvalue weighted by Crippen LogP contribution is -1.74. The van der Waals surface area contributed by atoms with E-state index in [9.17, 15) is 4.79 Å². The summed E-state index contributed by atoms with van der Waals surface area (Å²) in [6, 6.07) is 11.7. The van der Waals surface area contributed by atoms with Gasteiger partial charge >= 0.3 is 0 Å². The van der Waals surface area contributed by atoms with Gasteiger partial charge in [-0.15, -0.1) is 11.3 Å². The number of carbonyl (C=O) groups is 1. The lowest BCUT2D eigenvalue weighted by Gasteiger charge is -1.98. The smallest absolute Gasteiger partial charge is 0.185 e. The second kappa shape index (κ2) is 3.61. The fourth-order valence-corrected chi connectivity index (χ4v) is 2.67. The van der Waals surface area contributed by atoms with Gasteiger partial charge in [-0.3, -0.25) is 4.79 Å². The highest BCUT2D eigenvalue weighted by atomic mass is 32.1. The molecule has 0 spiro atoms. The molecule has 16 heavy (non-hydrogen) atoms. The number of fused-ring (bicyclic) bond motifs is 1. The fraction of sp³-hybridized carbons (Fsp3) is 0. The van der Waals surface area contributed by atoms with Gasteiger partial charge in [-0.1, -0.05) is 12.1 Å². The minimum atomic E-state index is 0.364. The summed E-state index contributed by atoms with van der Waals surface area (Å²) in [6.07, 6.45) is 0.720. The molecular formula is C13H8O2S. The Labute approximate surface area is 96.1 Å². The molecule has 0 saturated carbocycles. The normalized spacial score (nSPS) is 10.8. The van der Waals surface area contributed by atoms with E-state index in [0.717, 1.165) is 17.6 Å². The topological polar surface area (TPSA) is 30.2 Å². The van der Waals surface area contributed by atoms with E-state index in [0.29, 0.717) is 5.76 Å². The number of benzene rings is 1. The van der Waals surface area contributed by atoms with Crippen LogP contribution in [0, 0.1) is 0 Å². The SMILES string of the molecule is O=Cc1ccc(-c2cccc3ccsc23)o1. The third-order valence-corrected chi connectivity index (χ3v) is 3.45. The van der Waals surface area contributed by atoms with Crippen molar-refractivity contribution in [1.29, 1.82) is 0 Å². The lowest BCUT2D eigenvalue weighted by molar-refractivity contribution is 0.110. The van der Waals surface area contributed by atoms with Crippen molar-refractivity contribution in [2.45, 2.75) is 0 Å². The largest absolute Gasteiger partial charge is 0.453 e. The third-order valence-electron chi connectivity index (χ3n) is 2.49. The van der Waals surface area contributed by atoms with Crippen LogP contribution in [0.15, 0.2) is 46.2 Å². The van der Waals surface area contributed by atoms with Gasteiger partial charge in [-0.05, 0) is 35.0 Å². The third kappa shape index (κ3) is 1.37. The van der Waals surface area contributed by atoms with E-state index in [1.807, 2.05) is 18.2 Å². The number of aldehydes is 1. The van der Waals surface area contributed by atoms with Crippen LogP contribution in [-0.2, 0) is 0 Å². The Kier molecular flexibility index (Phi) is 2.11. The Morgan fingerprint density at radius 3 is 2.88 bits per heavy atom. The van der Waals surface area contributed by atoms with Crippen molar-refractivity contribution < 1.29 is 9.21 Å². The van der Waals surface area contributed by atoms with Gasteiger partial charge in [0.2, 0.25) is 0 Å². The number of furan rings is 1. The quantitative estimate of drug-likeness (QED) is 0.621. The molecule has 2 heterocycles. The van der Waals surface area contributed by atoms with Crippen LogP contribution in [0.3, 0.4) is 0 Å². The predicted octanol–water partition coefficient (Wildman–Crippen LogP) is 3.97. The van der Waals surface area contributed by atoms with Crippen molar-refractivity contribution in [3.05, 3.63) is 47.5 Å². The van der Waals surface area contributed by atoms with Gasteiger partial charge in [0, 0.05) is 10.3 Å². The molecule has 0 saturated heterocycles. The second-order valence-electron chi connectivity index (χ2n) is 3.46. The molecule has 3 rings (SSSR count). The zero-order valence-electron chi connectivity index (χ0n) is 8.34. The Morgan fingerprint density at radius 2 is 2.06 bits per heavy atom. The summed E-state index contributed by atoms with van der Waals surface area (Å²) in [4.78, 5) is 10.6. The molecule has 3 aromatic rings. The monoisotopic (exact) mass is 228 g/mol. The fourth-order valence-electron chi connectivity index (χ4n) is 1.75. The molecule has 3 heteroatoms. The maximum Gasteiger partial charge on any atom is 0.185 e. The zero-order chi connectivity index (χ0) is 11.0. The molecular weight excluding hydrogens is 220 g/mol. The first-order valence-electron chi connectivity index (χ1n) is 4.90. The van der Waals surface area contributed by atoms with Crippen molar-refractivity contribution in [1.82, 2.24) is 0 Å². The maximum atomic E-state index is 10.6. The number of hydrogen-bond acceptors (Lipinski definition) is 3. The van der Waals surface area contributed by atoms with Crippen LogP contribution >= 0.6 is 11.3 Å². The van der Waals surface area contributed by atoms with Crippen LogP contribution in [0.4, 0.5) is 0 Å². The molecule has 2 nitrogen and oxygen atoms in total. The molecule has 1 aromatic carbocycles. The molecule has 0 bridgehead atoms. The predicted molar refractivity (Wildman–Crippen MR) is 64.9 cm³/mol. The van der Waals surface area contributed by atoms with Crippen molar-refractivity contribution in [3.8, 4) is 11.3 Å². The summed E-state index contributed by atoms with van der Waals surface area (Å²) in [6.45, 7) is 0. The Bertz CT molecular complexity index is 649. The highest BCUT2D eigenvalue weighted by Gasteiger charge is 2.08. The maximum absolute atomic E-state index is 10.6. The van der Waals surface area contributed by atoms with Gasteiger partial charge in [-0.2, -0.15) is 0 Å². The Balaban J connectivity index is 2.24. The van der Waals surface area contributed by atoms with Crippen LogP contribution in [0.1, 0.15) is 10.6 Å². The van der Waals surface area contributed by atoms with Gasteiger partial charge in [0.1, 0.15) is 5.76 Å². The number of carbonyl (C=O) groups excluding carboxylic acids is 1. The molecule has 0 atom stereocenters. The van der Waals surface area contributed by atoms with Crippen LogP contribution in [0.5, 0.6) is 0 Å². The van der Waals surface area contributed by atoms with Gasteiger partial charge in [0.25, 0.3) is 0 Å². The van der Waals surface area contributed by atoms with E-state index in [-0.39, 0.29) is 0 Å². The summed E-state index contributed by atoms with van der Waals surface area (Å²) < 4.78 is 6.62. The first kappa shape index (κ1) is 9.36. The molecule has 2 aromatic heterocycles. The van der Waals surface area contributed by atoms with Gasteiger partial charge in [-0.25, -0.2) is 0 Å². The summed E-state index contributed by atoms with van der Waals surface area (Å²) in [5.41, 5.74) is 1.04.